The highest BCUT2D eigenvalue weighted by Gasteiger charge is 2.16. The van der Waals surface area contributed by atoms with Crippen molar-refractivity contribution < 1.29 is 0 Å². The lowest BCUT2D eigenvalue weighted by atomic mass is 9.91. The van der Waals surface area contributed by atoms with Gasteiger partial charge in [-0.15, -0.1) is 12.3 Å². The summed E-state index contributed by atoms with van der Waals surface area (Å²) in [5.41, 5.74) is 0. The first kappa shape index (κ1) is 13.5. The van der Waals surface area contributed by atoms with Crippen LogP contribution in [0.15, 0.2) is 0 Å². The molecule has 1 N–H and O–H groups in total. The van der Waals surface area contributed by atoms with Crippen molar-refractivity contribution in [2.75, 3.05) is 6.54 Å². The van der Waals surface area contributed by atoms with Gasteiger partial charge in [-0.1, -0.05) is 33.6 Å². The van der Waals surface area contributed by atoms with Crippen molar-refractivity contribution >= 4 is 0 Å². The lowest BCUT2D eigenvalue weighted by molar-refractivity contribution is 0.320. The van der Waals surface area contributed by atoms with Crippen LogP contribution < -0.4 is 5.32 Å². The Morgan fingerprint density at radius 1 is 1.21 bits per heavy atom. The summed E-state index contributed by atoms with van der Waals surface area (Å²) in [5.74, 6) is 3.52. The minimum absolute atomic E-state index is 0.626. The third-order valence-corrected chi connectivity index (χ3v) is 2.87. The van der Waals surface area contributed by atoms with Crippen molar-refractivity contribution in [3.63, 3.8) is 0 Å². The summed E-state index contributed by atoms with van der Waals surface area (Å²) in [5, 5.41) is 3.61. The van der Waals surface area contributed by atoms with Crippen molar-refractivity contribution in [2.24, 2.45) is 5.92 Å². The van der Waals surface area contributed by atoms with Crippen LogP contribution in [0.1, 0.15) is 52.9 Å². The van der Waals surface area contributed by atoms with E-state index in [1.54, 1.807) is 0 Å². The molecule has 0 aromatic carbocycles. The first-order chi connectivity index (χ1) is 6.79. The van der Waals surface area contributed by atoms with Gasteiger partial charge in [0, 0.05) is 12.5 Å². The highest BCUT2D eigenvalue weighted by Crippen LogP contribution is 2.17. The van der Waals surface area contributed by atoms with Crippen LogP contribution in [0.3, 0.4) is 0 Å². The van der Waals surface area contributed by atoms with E-state index in [-0.39, 0.29) is 0 Å². The molecule has 0 rings (SSSR count). The van der Waals surface area contributed by atoms with E-state index < -0.39 is 0 Å². The molecule has 1 nitrogen and oxygen atoms in total. The summed E-state index contributed by atoms with van der Waals surface area (Å²) in [6.07, 6.45) is 11.0. The summed E-state index contributed by atoms with van der Waals surface area (Å²) in [6, 6.07) is 0.626. The molecule has 0 aliphatic heterocycles. The Balaban J connectivity index is 4.00. The Morgan fingerprint density at radius 3 is 2.29 bits per heavy atom. The molecule has 82 valence electrons. The molecule has 0 aromatic heterocycles. The first-order valence-electron chi connectivity index (χ1n) is 5.96. The second-order valence-electron chi connectivity index (χ2n) is 3.88. The molecule has 0 saturated heterocycles. The van der Waals surface area contributed by atoms with E-state index in [1.807, 2.05) is 0 Å². The van der Waals surface area contributed by atoms with Gasteiger partial charge in [-0.2, -0.15) is 0 Å². The molecule has 0 radical (unpaired) electrons. The van der Waals surface area contributed by atoms with Gasteiger partial charge in [0.2, 0.25) is 0 Å². The van der Waals surface area contributed by atoms with Crippen LogP contribution in [0.25, 0.3) is 0 Å². The molecular formula is C13H25N. The van der Waals surface area contributed by atoms with Crippen LogP contribution in [0.4, 0.5) is 0 Å². The van der Waals surface area contributed by atoms with Crippen LogP contribution >= 0.6 is 0 Å². The van der Waals surface area contributed by atoms with E-state index in [0.29, 0.717) is 6.04 Å². The van der Waals surface area contributed by atoms with Gasteiger partial charge in [-0.25, -0.2) is 0 Å². The first-order valence-corrected chi connectivity index (χ1v) is 5.96. The quantitative estimate of drug-likeness (QED) is 0.586. The third kappa shape index (κ3) is 5.29. The summed E-state index contributed by atoms with van der Waals surface area (Å²) >= 11 is 0. The largest absolute Gasteiger partial charge is 0.314 e. The molecule has 0 fully saturated rings. The SMILES string of the molecule is C#CCCC(NCCC)C(CC)CC. The van der Waals surface area contributed by atoms with Crippen LogP contribution in [-0.2, 0) is 0 Å². The highest BCUT2D eigenvalue weighted by atomic mass is 14.9. The number of rotatable bonds is 8. The Labute approximate surface area is 89.7 Å². The van der Waals surface area contributed by atoms with Crippen LogP contribution in [-0.4, -0.2) is 12.6 Å². The Hall–Kier alpha value is -0.480. The fourth-order valence-corrected chi connectivity index (χ4v) is 1.93. The van der Waals surface area contributed by atoms with Crippen molar-refractivity contribution in [1.29, 1.82) is 0 Å². The topological polar surface area (TPSA) is 12.0 Å². The molecule has 0 saturated carbocycles. The minimum Gasteiger partial charge on any atom is -0.314 e. The smallest absolute Gasteiger partial charge is 0.0104 e. The van der Waals surface area contributed by atoms with Crippen molar-refractivity contribution in [3.8, 4) is 12.3 Å². The monoisotopic (exact) mass is 195 g/mol. The zero-order valence-corrected chi connectivity index (χ0v) is 9.97. The highest BCUT2D eigenvalue weighted by molar-refractivity contribution is 4.87. The fourth-order valence-electron chi connectivity index (χ4n) is 1.93. The van der Waals surface area contributed by atoms with E-state index in [1.165, 1.54) is 19.3 Å². The molecule has 1 heteroatoms. The summed E-state index contributed by atoms with van der Waals surface area (Å²) in [6.45, 7) is 7.86. The van der Waals surface area contributed by atoms with Gasteiger partial charge in [0.15, 0.2) is 0 Å². The average molecular weight is 195 g/mol. The number of terminal acetylenes is 1. The van der Waals surface area contributed by atoms with E-state index in [2.05, 4.69) is 32.0 Å². The van der Waals surface area contributed by atoms with Gasteiger partial charge in [-0.3, -0.25) is 0 Å². The summed E-state index contributed by atoms with van der Waals surface area (Å²) in [4.78, 5) is 0. The number of nitrogens with one attached hydrogen (secondary N) is 1. The van der Waals surface area contributed by atoms with E-state index in [4.69, 9.17) is 6.42 Å². The molecule has 0 aliphatic rings. The minimum atomic E-state index is 0.626. The second-order valence-corrected chi connectivity index (χ2v) is 3.88. The predicted octanol–water partition coefficient (Wildman–Crippen LogP) is 3.20. The van der Waals surface area contributed by atoms with Gasteiger partial charge in [0.05, 0.1) is 0 Å². The molecule has 0 amide bonds. The molecule has 0 aromatic rings. The Bertz CT molecular complexity index is 153. The lowest BCUT2D eigenvalue weighted by Gasteiger charge is -2.25. The Kier molecular flexibility index (Phi) is 8.78. The lowest BCUT2D eigenvalue weighted by Crippen LogP contribution is -2.36. The van der Waals surface area contributed by atoms with Gasteiger partial charge in [0.1, 0.15) is 0 Å². The molecule has 1 unspecified atom stereocenters. The molecular weight excluding hydrogens is 170 g/mol. The Morgan fingerprint density at radius 2 is 1.86 bits per heavy atom. The normalized spacial score (nSPS) is 12.8. The zero-order valence-electron chi connectivity index (χ0n) is 9.97. The van der Waals surface area contributed by atoms with Crippen molar-refractivity contribution in [3.05, 3.63) is 0 Å². The molecule has 14 heavy (non-hydrogen) atoms. The number of hydrogen-bond acceptors (Lipinski definition) is 1. The maximum absolute atomic E-state index is 5.31. The summed E-state index contributed by atoms with van der Waals surface area (Å²) in [7, 11) is 0. The fraction of sp³-hybridized carbons (Fsp3) is 0.846. The van der Waals surface area contributed by atoms with E-state index in [0.717, 1.165) is 25.3 Å². The van der Waals surface area contributed by atoms with Gasteiger partial charge >= 0.3 is 0 Å². The van der Waals surface area contributed by atoms with Gasteiger partial charge in [-0.05, 0) is 25.3 Å². The number of hydrogen-bond donors (Lipinski definition) is 1. The third-order valence-electron chi connectivity index (χ3n) is 2.87. The molecule has 0 spiro atoms. The van der Waals surface area contributed by atoms with E-state index >= 15 is 0 Å². The van der Waals surface area contributed by atoms with Crippen LogP contribution in [0.5, 0.6) is 0 Å². The van der Waals surface area contributed by atoms with E-state index in [9.17, 15) is 0 Å². The van der Waals surface area contributed by atoms with Crippen molar-refractivity contribution in [2.45, 2.75) is 58.9 Å². The maximum atomic E-state index is 5.31. The zero-order chi connectivity index (χ0) is 10.8. The molecule has 0 heterocycles. The van der Waals surface area contributed by atoms with Gasteiger partial charge in [0.25, 0.3) is 0 Å². The van der Waals surface area contributed by atoms with Crippen LogP contribution in [0, 0.1) is 18.3 Å². The van der Waals surface area contributed by atoms with Crippen molar-refractivity contribution in [1.82, 2.24) is 5.32 Å². The molecule has 0 aliphatic carbocycles. The standard InChI is InChI=1S/C13H25N/c1-5-9-10-13(14-11-6-2)12(7-3)8-4/h1,12-14H,6-11H2,2-4H3. The predicted molar refractivity (Wildman–Crippen MR) is 64.2 cm³/mol. The average Bonchev–Trinajstić information content (AvgIpc) is 2.22. The van der Waals surface area contributed by atoms with Crippen LogP contribution in [0.2, 0.25) is 0 Å². The maximum Gasteiger partial charge on any atom is 0.0104 e. The second kappa shape index (κ2) is 9.09. The van der Waals surface area contributed by atoms with Gasteiger partial charge < -0.3 is 5.32 Å². The summed E-state index contributed by atoms with van der Waals surface area (Å²) < 4.78 is 0. The molecule has 0 bridgehead atoms. The molecule has 1 atom stereocenters.